The Morgan fingerprint density at radius 1 is 1.25 bits per heavy atom. The lowest BCUT2D eigenvalue weighted by molar-refractivity contribution is -0.117. The topological polar surface area (TPSA) is 48.5 Å². The van der Waals surface area contributed by atoms with Crippen molar-refractivity contribution in [3.8, 4) is 0 Å². The number of carbonyl (C=O) groups excluding carboxylic acids is 1. The van der Waals surface area contributed by atoms with Crippen molar-refractivity contribution in [3.05, 3.63) is 53.3 Å². The van der Waals surface area contributed by atoms with Crippen molar-refractivity contribution in [1.82, 2.24) is 4.98 Å². The first-order valence-electron chi connectivity index (χ1n) is 6.95. The first-order chi connectivity index (χ1) is 9.83. The average molecular weight is 265 g/mol. The molecule has 2 aromatic rings. The second kappa shape index (κ2) is 4.34. The summed E-state index contributed by atoms with van der Waals surface area (Å²) in [5, 5.41) is 0. The SMILES string of the molecule is O=C1CCCN1c1ccc2c(c1)C(c1ccc[nH]1)=NC2. The Kier molecular flexibility index (Phi) is 2.49. The third-order valence-corrected chi connectivity index (χ3v) is 3.99. The number of nitrogens with one attached hydrogen (secondary N) is 1. The fourth-order valence-corrected chi connectivity index (χ4v) is 2.97. The van der Waals surface area contributed by atoms with E-state index >= 15 is 0 Å². The summed E-state index contributed by atoms with van der Waals surface area (Å²) < 4.78 is 0. The lowest BCUT2D eigenvalue weighted by Gasteiger charge is -2.17. The highest BCUT2D eigenvalue weighted by molar-refractivity contribution is 6.14. The number of anilines is 1. The number of rotatable bonds is 2. The van der Waals surface area contributed by atoms with Crippen LogP contribution in [-0.2, 0) is 11.3 Å². The first kappa shape index (κ1) is 11.5. The summed E-state index contributed by atoms with van der Waals surface area (Å²) in [6, 6.07) is 10.2. The molecule has 4 nitrogen and oxygen atoms in total. The van der Waals surface area contributed by atoms with Crippen molar-refractivity contribution in [2.75, 3.05) is 11.4 Å². The normalized spacial score (nSPS) is 17.5. The number of benzene rings is 1. The number of hydrogen-bond donors (Lipinski definition) is 1. The van der Waals surface area contributed by atoms with E-state index in [4.69, 9.17) is 0 Å². The Morgan fingerprint density at radius 2 is 2.20 bits per heavy atom. The van der Waals surface area contributed by atoms with Gasteiger partial charge in [0.2, 0.25) is 5.91 Å². The van der Waals surface area contributed by atoms with E-state index in [2.05, 4.69) is 22.1 Å². The fourth-order valence-electron chi connectivity index (χ4n) is 2.97. The van der Waals surface area contributed by atoms with Crippen LogP contribution in [0.3, 0.4) is 0 Å². The summed E-state index contributed by atoms with van der Waals surface area (Å²) in [5.41, 5.74) is 5.40. The Morgan fingerprint density at radius 3 is 2.95 bits per heavy atom. The molecule has 4 heteroatoms. The second-order valence-corrected chi connectivity index (χ2v) is 5.24. The van der Waals surface area contributed by atoms with Gasteiger partial charge in [0.1, 0.15) is 0 Å². The van der Waals surface area contributed by atoms with Gasteiger partial charge in [-0.3, -0.25) is 9.79 Å². The zero-order valence-corrected chi connectivity index (χ0v) is 11.1. The first-order valence-corrected chi connectivity index (χ1v) is 6.95. The lowest BCUT2D eigenvalue weighted by Crippen LogP contribution is -2.23. The van der Waals surface area contributed by atoms with E-state index in [1.165, 1.54) is 5.56 Å². The molecule has 1 aromatic carbocycles. The molecule has 2 aliphatic rings. The molecule has 0 saturated carbocycles. The highest BCUT2D eigenvalue weighted by atomic mass is 16.2. The van der Waals surface area contributed by atoms with Crippen molar-refractivity contribution in [2.24, 2.45) is 4.99 Å². The van der Waals surface area contributed by atoms with E-state index in [0.717, 1.165) is 42.2 Å². The number of aromatic amines is 1. The van der Waals surface area contributed by atoms with Gasteiger partial charge in [0, 0.05) is 30.4 Å². The predicted octanol–water partition coefficient (Wildman–Crippen LogP) is 2.49. The molecular formula is C16H15N3O. The molecule has 0 spiro atoms. The lowest BCUT2D eigenvalue weighted by atomic mass is 10.0. The maximum Gasteiger partial charge on any atom is 0.227 e. The number of nitrogens with zero attached hydrogens (tertiary/aromatic N) is 2. The minimum absolute atomic E-state index is 0.223. The number of fused-ring (bicyclic) bond motifs is 1. The van der Waals surface area contributed by atoms with Crippen LogP contribution >= 0.6 is 0 Å². The smallest absolute Gasteiger partial charge is 0.227 e. The maximum atomic E-state index is 11.9. The Hall–Kier alpha value is -2.36. The van der Waals surface area contributed by atoms with Crippen molar-refractivity contribution < 1.29 is 4.79 Å². The van der Waals surface area contributed by atoms with Gasteiger partial charge in [0.05, 0.1) is 18.0 Å². The van der Waals surface area contributed by atoms with Crippen molar-refractivity contribution in [2.45, 2.75) is 19.4 Å². The van der Waals surface area contributed by atoms with Crippen LogP contribution < -0.4 is 4.90 Å². The highest BCUT2D eigenvalue weighted by Gasteiger charge is 2.24. The zero-order valence-electron chi connectivity index (χ0n) is 11.1. The fraction of sp³-hybridized carbons (Fsp3) is 0.250. The van der Waals surface area contributed by atoms with Gasteiger partial charge in [-0.25, -0.2) is 0 Å². The highest BCUT2D eigenvalue weighted by Crippen LogP contribution is 2.29. The minimum Gasteiger partial charge on any atom is -0.360 e. The van der Waals surface area contributed by atoms with E-state index < -0.39 is 0 Å². The van der Waals surface area contributed by atoms with Crippen LogP contribution in [0.5, 0.6) is 0 Å². The number of hydrogen-bond acceptors (Lipinski definition) is 2. The number of aromatic nitrogens is 1. The number of amides is 1. The number of aliphatic imine (C=N–C) groups is 1. The van der Waals surface area contributed by atoms with E-state index in [9.17, 15) is 4.79 Å². The van der Waals surface area contributed by atoms with Gasteiger partial charge in [-0.1, -0.05) is 6.07 Å². The second-order valence-electron chi connectivity index (χ2n) is 5.24. The van der Waals surface area contributed by atoms with E-state index in [0.29, 0.717) is 6.42 Å². The molecule has 0 bridgehead atoms. The van der Waals surface area contributed by atoms with Gasteiger partial charge < -0.3 is 9.88 Å². The quantitative estimate of drug-likeness (QED) is 0.891. The molecule has 100 valence electrons. The molecular weight excluding hydrogens is 250 g/mol. The van der Waals surface area contributed by atoms with Crippen LogP contribution in [-0.4, -0.2) is 23.1 Å². The van der Waals surface area contributed by atoms with Gasteiger partial charge in [-0.2, -0.15) is 0 Å². The molecule has 0 radical (unpaired) electrons. The number of H-pyrrole nitrogens is 1. The summed E-state index contributed by atoms with van der Waals surface area (Å²) in [6.45, 7) is 1.55. The molecule has 2 aliphatic heterocycles. The Labute approximate surface area is 117 Å². The molecule has 0 aliphatic carbocycles. The van der Waals surface area contributed by atoms with Crippen LogP contribution in [0.4, 0.5) is 5.69 Å². The molecule has 0 atom stereocenters. The molecule has 1 aromatic heterocycles. The Bertz CT molecular complexity index is 701. The molecule has 4 rings (SSSR count). The molecule has 20 heavy (non-hydrogen) atoms. The van der Waals surface area contributed by atoms with E-state index in [-0.39, 0.29) is 5.91 Å². The molecule has 0 unspecified atom stereocenters. The maximum absolute atomic E-state index is 11.9. The van der Waals surface area contributed by atoms with Gasteiger partial charge >= 0.3 is 0 Å². The Balaban J connectivity index is 1.76. The third kappa shape index (κ3) is 1.68. The summed E-state index contributed by atoms with van der Waals surface area (Å²) in [6.07, 6.45) is 3.52. The van der Waals surface area contributed by atoms with Crippen LogP contribution in [0.15, 0.2) is 41.5 Å². The summed E-state index contributed by atoms with van der Waals surface area (Å²) in [5.74, 6) is 0.223. The van der Waals surface area contributed by atoms with Crippen LogP contribution in [0, 0.1) is 0 Å². The molecule has 1 saturated heterocycles. The van der Waals surface area contributed by atoms with Crippen LogP contribution in [0.1, 0.15) is 29.7 Å². The summed E-state index contributed by atoms with van der Waals surface area (Å²) in [7, 11) is 0. The van der Waals surface area contributed by atoms with Crippen LogP contribution in [0.25, 0.3) is 0 Å². The van der Waals surface area contributed by atoms with Gasteiger partial charge in [0.15, 0.2) is 0 Å². The third-order valence-electron chi connectivity index (χ3n) is 3.99. The average Bonchev–Trinajstić information content (AvgIpc) is 3.17. The van der Waals surface area contributed by atoms with Crippen molar-refractivity contribution in [3.63, 3.8) is 0 Å². The van der Waals surface area contributed by atoms with Crippen molar-refractivity contribution >= 4 is 17.3 Å². The number of carbonyl (C=O) groups is 1. The predicted molar refractivity (Wildman–Crippen MR) is 78.2 cm³/mol. The van der Waals surface area contributed by atoms with Crippen molar-refractivity contribution in [1.29, 1.82) is 0 Å². The zero-order chi connectivity index (χ0) is 13.5. The van der Waals surface area contributed by atoms with E-state index in [1.54, 1.807) is 0 Å². The molecule has 1 N–H and O–H groups in total. The summed E-state index contributed by atoms with van der Waals surface area (Å²) >= 11 is 0. The summed E-state index contributed by atoms with van der Waals surface area (Å²) in [4.78, 5) is 21.6. The largest absolute Gasteiger partial charge is 0.360 e. The molecule has 1 fully saturated rings. The van der Waals surface area contributed by atoms with Gasteiger partial charge in [0.25, 0.3) is 0 Å². The van der Waals surface area contributed by atoms with Gasteiger partial charge in [-0.15, -0.1) is 0 Å². The van der Waals surface area contributed by atoms with Crippen LogP contribution in [0.2, 0.25) is 0 Å². The van der Waals surface area contributed by atoms with E-state index in [1.807, 2.05) is 29.3 Å². The monoisotopic (exact) mass is 265 g/mol. The standard InChI is InChI=1S/C16H15N3O/c20-15-4-2-8-19(15)12-6-5-11-10-18-16(13(11)9-12)14-3-1-7-17-14/h1,3,5-7,9,17H,2,4,8,10H2. The molecule has 1 amide bonds. The van der Waals surface area contributed by atoms with Gasteiger partial charge in [-0.05, 0) is 36.2 Å². The molecule has 3 heterocycles. The minimum atomic E-state index is 0.223.